The van der Waals surface area contributed by atoms with Crippen molar-refractivity contribution in [1.29, 1.82) is 0 Å². The minimum absolute atomic E-state index is 0.0837. The van der Waals surface area contributed by atoms with E-state index in [-0.39, 0.29) is 24.2 Å². The summed E-state index contributed by atoms with van der Waals surface area (Å²) in [7, 11) is 0. The third-order valence-corrected chi connectivity index (χ3v) is 3.40. The van der Waals surface area contributed by atoms with E-state index < -0.39 is 6.10 Å². The Hall–Kier alpha value is -0.870. The Balaban J connectivity index is 3.21. The highest BCUT2D eigenvalue weighted by atomic mass is 32.2. The summed E-state index contributed by atoms with van der Waals surface area (Å²) in [5, 5.41) is 23.0. The summed E-state index contributed by atoms with van der Waals surface area (Å²) in [5.41, 5.74) is 0. The lowest BCUT2D eigenvalue weighted by atomic mass is 10.4. The monoisotopic (exact) mass is 338 g/mol. The average Bonchev–Trinajstić information content (AvgIpc) is 2.48. The first-order valence-corrected chi connectivity index (χ1v) is 8.25. The summed E-state index contributed by atoms with van der Waals surface area (Å²) >= 11 is 1.26. The van der Waals surface area contributed by atoms with Crippen LogP contribution in [0.3, 0.4) is 0 Å². The van der Waals surface area contributed by atoms with E-state index >= 15 is 0 Å². The number of ether oxygens (including phenoxy) is 2. The van der Waals surface area contributed by atoms with Gasteiger partial charge in [-0.15, -0.1) is 11.8 Å². The van der Waals surface area contributed by atoms with Crippen molar-refractivity contribution in [2.45, 2.75) is 13.0 Å². The van der Waals surface area contributed by atoms with Crippen LogP contribution in [0.2, 0.25) is 0 Å². The molecule has 0 fully saturated rings. The number of nitrogens with one attached hydrogen (secondary N) is 2. The van der Waals surface area contributed by atoms with E-state index in [1.54, 1.807) is 0 Å². The van der Waals surface area contributed by atoms with Gasteiger partial charge in [-0.25, -0.2) is 0 Å². The van der Waals surface area contributed by atoms with Gasteiger partial charge in [0, 0.05) is 25.8 Å². The molecule has 0 aromatic rings. The maximum atomic E-state index is 11.4. The van der Waals surface area contributed by atoms with Crippen LogP contribution in [0.25, 0.3) is 0 Å². The van der Waals surface area contributed by atoms with E-state index in [0.29, 0.717) is 45.3 Å². The lowest BCUT2D eigenvalue weighted by molar-refractivity contribution is -0.120. The molecule has 0 aliphatic rings. The standard InChI is InChI=1S/C13H26N2O6S/c1-11(17)14-2-4-20-6-7-21-5-3-15-13(19)10-22-9-12(18)8-16/h12,16,18H,2-10H2,1H3,(H,14,17)(H,15,19). The van der Waals surface area contributed by atoms with Crippen molar-refractivity contribution in [3.8, 4) is 0 Å². The highest BCUT2D eigenvalue weighted by Crippen LogP contribution is 2.01. The van der Waals surface area contributed by atoms with E-state index in [2.05, 4.69) is 10.6 Å². The Kier molecular flexibility index (Phi) is 14.4. The van der Waals surface area contributed by atoms with Crippen molar-refractivity contribution < 1.29 is 29.3 Å². The zero-order chi connectivity index (χ0) is 16.6. The van der Waals surface area contributed by atoms with E-state index in [0.717, 1.165) is 0 Å². The first kappa shape index (κ1) is 21.1. The zero-order valence-electron chi connectivity index (χ0n) is 12.9. The van der Waals surface area contributed by atoms with Gasteiger partial charge in [-0.2, -0.15) is 0 Å². The van der Waals surface area contributed by atoms with Crippen LogP contribution >= 0.6 is 11.8 Å². The Bertz CT molecular complexity index is 306. The third-order valence-electron chi connectivity index (χ3n) is 2.32. The zero-order valence-corrected chi connectivity index (χ0v) is 13.7. The number of rotatable bonds is 14. The number of aliphatic hydroxyl groups is 2. The van der Waals surface area contributed by atoms with Gasteiger partial charge in [-0.3, -0.25) is 9.59 Å². The fraction of sp³-hybridized carbons (Fsp3) is 0.846. The van der Waals surface area contributed by atoms with Crippen molar-refractivity contribution >= 4 is 23.6 Å². The van der Waals surface area contributed by atoms with Crippen LogP contribution in [-0.4, -0.2) is 85.8 Å². The Morgan fingerprint density at radius 2 is 1.68 bits per heavy atom. The summed E-state index contributed by atoms with van der Waals surface area (Å²) in [6.07, 6.45) is -0.785. The molecule has 9 heteroatoms. The second kappa shape index (κ2) is 15.0. The first-order valence-electron chi connectivity index (χ1n) is 7.09. The summed E-state index contributed by atoms with van der Waals surface area (Å²) in [4.78, 5) is 22.0. The van der Waals surface area contributed by atoms with Gasteiger partial charge in [0.25, 0.3) is 0 Å². The highest BCUT2D eigenvalue weighted by Gasteiger charge is 2.05. The summed E-state index contributed by atoms with van der Waals surface area (Å²) in [5.74, 6) is 0.351. The van der Waals surface area contributed by atoms with Crippen molar-refractivity contribution in [3.63, 3.8) is 0 Å². The quantitative estimate of drug-likeness (QED) is 0.281. The molecule has 1 atom stereocenters. The lowest BCUT2D eigenvalue weighted by Crippen LogP contribution is -2.30. The molecule has 0 heterocycles. The third kappa shape index (κ3) is 15.5. The molecule has 0 aliphatic carbocycles. The maximum Gasteiger partial charge on any atom is 0.230 e. The number of aliphatic hydroxyl groups excluding tert-OH is 2. The number of carbonyl (C=O) groups excluding carboxylic acids is 2. The fourth-order valence-corrected chi connectivity index (χ4v) is 2.06. The van der Waals surface area contributed by atoms with Crippen molar-refractivity contribution in [3.05, 3.63) is 0 Å². The van der Waals surface area contributed by atoms with Gasteiger partial charge in [0.2, 0.25) is 11.8 Å². The second-order valence-corrected chi connectivity index (χ2v) is 5.44. The molecule has 0 saturated heterocycles. The van der Waals surface area contributed by atoms with E-state index in [4.69, 9.17) is 19.7 Å². The normalized spacial score (nSPS) is 12.0. The van der Waals surface area contributed by atoms with E-state index in [9.17, 15) is 9.59 Å². The SMILES string of the molecule is CC(=O)NCCOCCOCCNC(=O)CSCC(O)CO. The average molecular weight is 338 g/mol. The highest BCUT2D eigenvalue weighted by molar-refractivity contribution is 7.99. The Morgan fingerprint density at radius 1 is 1.09 bits per heavy atom. The molecule has 4 N–H and O–H groups in total. The van der Waals surface area contributed by atoms with Crippen molar-refractivity contribution in [2.75, 3.05) is 57.6 Å². The number of amides is 2. The molecule has 22 heavy (non-hydrogen) atoms. The molecule has 0 spiro atoms. The van der Waals surface area contributed by atoms with Crippen LogP contribution in [-0.2, 0) is 19.1 Å². The number of carbonyl (C=O) groups is 2. The molecule has 0 rings (SSSR count). The molecular formula is C13H26N2O6S. The minimum atomic E-state index is -0.785. The van der Waals surface area contributed by atoms with Crippen LogP contribution in [0.4, 0.5) is 0 Å². The van der Waals surface area contributed by atoms with Crippen LogP contribution in [0.5, 0.6) is 0 Å². The predicted octanol–water partition coefficient (Wildman–Crippen LogP) is -1.64. The molecule has 0 aromatic heterocycles. The molecule has 0 bridgehead atoms. The maximum absolute atomic E-state index is 11.4. The first-order chi connectivity index (χ1) is 10.6. The number of thioether (sulfide) groups is 1. The lowest BCUT2D eigenvalue weighted by Gasteiger charge is -2.08. The topological polar surface area (TPSA) is 117 Å². The van der Waals surface area contributed by atoms with Crippen LogP contribution in [0, 0.1) is 0 Å². The summed E-state index contributed by atoms with van der Waals surface area (Å²) < 4.78 is 10.5. The molecule has 8 nitrogen and oxygen atoms in total. The van der Waals surface area contributed by atoms with Gasteiger partial charge in [0.15, 0.2) is 0 Å². The van der Waals surface area contributed by atoms with Gasteiger partial charge < -0.3 is 30.3 Å². The number of hydrogen-bond acceptors (Lipinski definition) is 7. The molecule has 0 radical (unpaired) electrons. The predicted molar refractivity (Wildman–Crippen MR) is 83.7 cm³/mol. The number of hydrogen-bond donors (Lipinski definition) is 4. The molecule has 130 valence electrons. The Labute approximate surface area is 134 Å². The fourth-order valence-electron chi connectivity index (χ4n) is 1.28. The molecular weight excluding hydrogens is 312 g/mol. The van der Waals surface area contributed by atoms with E-state index in [1.807, 2.05) is 0 Å². The molecule has 0 aliphatic heterocycles. The van der Waals surface area contributed by atoms with Gasteiger partial charge in [0.05, 0.1) is 44.9 Å². The second-order valence-electron chi connectivity index (χ2n) is 4.41. The van der Waals surface area contributed by atoms with Gasteiger partial charge in [-0.1, -0.05) is 0 Å². The van der Waals surface area contributed by atoms with Crippen LogP contribution in [0.15, 0.2) is 0 Å². The Morgan fingerprint density at radius 3 is 2.23 bits per heavy atom. The van der Waals surface area contributed by atoms with Gasteiger partial charge in [0.1, 0.15) is 0 Å². The van der Waals surface area contributed by atoms with Crippen LogP contribution < -0.4 is 10.6 Å². The summed E-state index contributed by atoms with van der Waals surface area (Å²) in [6, 6.07) is 0. The molecule has 1 unspecified atom stereocenters. The van der Waals surface area contributed by atoms with Crippen LogP contribution in [0.1, 0.15) is 6.92 Å². The summed E-state index contributed by atoms with van der Waals surface area (Å²) in [6.45, 7) is 3.74. The van der Waals surface area contributed by atoms with E-state index in [1.165, 1.54) is 18.7 Å². The molecule has 0 saturated carbocycles. The molecule has 2 amide bonds. The molecule has 0 aromatic carbocycles. The smallest absolute Gasteiger partial charge is 0.230 e. The van der Waals surface area contributed by atoms with Crippen molar-refractivity contribution in [2.24, 2.45) is 0 Å². The van der Waals surface area contributed by atoms with Gasteiger partial charge >= 0.3 is 0 Å². The van der Waals surface area contributed by atoms with Crippen molar-refractivity contribution in [1.82, 2.24) is 10.6 Å². The van der Waals surface area contributed by atoms with Gasteiger partial charge in [-0.05, 0) is 0 Å². The largest absolute Gasteiger partial charge is 0.394 e. The minimum Gasteiger partial charge on any atom is -0.394 e.